The van der Waals surface area contributed by atoms with E-state index in [9.17, 15) is 9.32 Å². The van der Waals surface area contributed by atoms with Gasteiger partial charge in [0.2, 0.25) is 0 Å². The van der Waals surface area contributed by atoms with Crippen LogP contribution >= 0.6 is 11.8 Å². The fourth-order valence-corrected chi connectivity index (χ4v) is 6.23. The van der Waals surface area contributed by atoms with Gasteiger partial charge < -0.3 is 5.11 Å². The van der Waals surface area contributed by atoms with Gasteiger partial charge in [-0.2, -0.15) is 0 Å². The molecule has 18 heavy (non-hydrogen) atoms. The van der Waals surface area contributed by atoms with Crippen molar-refractivity contribution in [2.75, 3.05) is 11.5 Å². The van der Waals surface area contributed by atoms with Gasteiger partial charge in [0, 0.05) is 23.0 Å². The molecule has 1 aliphatic heterocycles. The molecule has 1 unspecified atom stereocenters. The monoisotopic (exact) mass is 284 g/mol. The zero-order chi connectivity index (χ0) is 13.0. The van der Waals surface area contributed by atoms with Gasteiger partial charge in [0.15, 0.2) is 0 Å². The Labute approximate surface area is 116 Å². The van der Waals surface area contributed by atoms with Crippen molar-refractivity contribution in [3.05, 3.63) is 35.9 Å². The van der Waals surface area contributed by atoms with E-state index in [1.807, 2.05) is 30.3 Å². The van der Waals surface area contributed by atoms with Crippen LogP contribution in [0.2, 0.25) is 0 Å². The number of aliphatic hydroxyl groups excluding tert-OH is 1. The standard InChI is InChI=1S/C14H20O2S2/c1-2-17-14(9-6-10-18(14)16)11-13(15)12-7-4-3-5-8-12/h3-5,7-8,13,15H,2,6,9-11H2,1H3/t13-,14-,18?/m1/s1. The SMILES string of the molecule is CCS[C@]1(C[C@@H](O)c2ccccc2)CCCS1=O. The van der Waals surface area contributed by atoms with E-state index in [1.54, 1.807) is 11.8 Å². The summed E-state index contributed by atoms with van der Waals surface area (Å²) in [6.45, 7) is 2.09. The van der Waals surface area contributed by atoms with Crippen LogP contribution in [0.4, 0.5) is 0 Å². The third kappa shape index (κ3) is 2.98. The molecule has 2 rings (SSSR count). The Bertz CT molecular complexity index is 408. The summed E-state index contributed by atoms with van der Waals surface area (Å²) in [5.74, 6) is 1.74. The first-order valence-corrected chi connectivity index (χ1v) is 8.74. The van der Waals surface area contributed by atoms with E-state index in [0.29, 0.717) is 6.42 Å². The predicted molar refractivity (Wildman–Crippen MR) is 79.1 cm³/mol. The van der Waals surface area contributed by atoms with Gasteiger partial charge >= 0.3 is 0 Å². The van der Waals surface area contributed by atoms with E-state index in [-0.39, 0.29) is 4.08 Å². The number of rotatable bonds is 5. The largest absolute Gasteiger partial charge is 0.388 e. The highest BCUT2D eigenvalue weighted by Crippen LogP contribution is 2.45. The summed E-state index contributed by atoms with van der Waals surface area (Å²) in [6, 6.07) is 9.69. The van der Waals surface area contributed by atoms with Crippen LogP contribution in [0.5, 0.6) is 0 Å². The van der Waals surface area contributed by atoms with Crippen molar-refractivity contribution < 1.29 is 9.32 Å². The lowest BCUT2D eigenvalue weighted by atomic mass is 10.0. The molecule has 1 saturated heterocycles. The molecule has 0 spiro atoms. The molecule has 0 aromatic heterocycles. The lowest BCUT2D eigenvalue weighted by molar-refractivity contribution is 0.162. The van der Waals surface area contributed by atoms with E-state index in [0.717, 1.165) is 29.9 Å². The molecule has 2 nitrogen and oxygen atoms in total. The van der Waals surface area contributed by atoms with Crippen molar-refractivity contribution in [3.8, 4) is 0 Å². The van der Waals surface area contributed by atoms with E-state index in [1.165, 1.54) is 0 Å². The normalized spacial score (nSPS) is 29.3. The minimum absolute atomic E-state index is 0.232. The fraction of sp³-hybridized carbons (Fsp3) is 0.571. The van der Waals surface area contributed by atoms with Crippen molar-refractivity contribution in [1.82, 2.24) is 0 Å². The minimum Gasteiger partial charge on any atom is -0.388 e. The highest BCUT2D eigenvalue weighted by molar-refractivity contribution is 8.12. The van der Waals surface area contributed by atoms with Crippen molar-refractivity contribution in [2.45, 2.75) is 36.4 Å². The smallest absolute Gasteiger partial charge is 0.0936 e. The van der Waals surface area contributed by atoms with Gasteiger partial charge in [0.05, 0.1) is 10.2 Å². The van der Waals surface area contributed by atoms with E-state index >= 15 is 0 Å². The number of thioether (sulfide) groups is 1. The maximum absolute atomic E-state index is 12.2. The second kappa shape index (κ2) is 6.22. The molecule has 1 aliphatic rings. The summed E-state index contributed by atoms with van der Waals surface area (Å²) in [4.78, 5) is 0. The molecule has 1 N–H and O–H groups in total. The molecule has 1 fully saturated rings. The van der Waals surface area contributed by atoms with Crippen LogP contribution in [0.3, 0.4) is 0 Å². The minimum atomic E-state index is -0.811. The zero-order valence-electron chi connectivity index (χ0n) is 10.7. The van der Waals surface area contributed by atoms with Gasteiger partial charge in [-0.05, 0) is 24.2 Å². The summed E-state index contributed by atoms with van der Waals surface area (Å²) in [7, 11) is -0.811. The van der Waals surface area contributed by atoms with Crippen LogP contribution < -0.4 is 0 Å². The first-order valence-electron chi connectivity index (χ1n) is 6.43. The first-order chi connectivity index (χ1) is 8.68. The van der Waals surface area contributed by atoms with Crippen molar-refractivity contribution in [1.29, 1.82) is 0 Å². The third-order valence-electron chi connectivity index (χ3n) is 3.40. The number of hydrogen-bond acceptors (Lipinski definition) is 3. The summed E-state index contributed by atoms with van der Waals surface area (Å²) in [5.41, 5.74) is 0.928. The van der Waals surface area contributed by atoms with Gasteiger partial charge in [0.25, 0.3) is 0 Å². The summed E-state index contributed by atoms with van der Waals surface area (Å²) in [5, 5.41) is 10.3. The highest BCUT2D eigenvalue weighted by atomic mass is 32.2. The molecule has 0 aliphatic carbocycles. The lowest BCUT2D eigenvalue weighted by Crippen LogP contribution is -2.29. The van der Waals surface area contributed by atoms with E-state index < -0.39 is 16.9 Å². The molecular weight excluding hydrogens is 264 g/mol. The average Bonchev–Trinajstić information content (AvgIpc) is 2.72. The molecule has 1 heterocycles. The van der Waals surface area contributed by atoms with Crippen molar-refractivity contribution >= 4 is 22.6 Å². The number of benzene rings is 1. The van der Waals surface area contributed by atoms with Crippen LogP contribution in [-0.2, 0) is 10.8 Å². The second-order valence-electron chi connectivity index (χ2n) is 4.63. The van der Waals surface area contributed by atoms with Crippen LogP contribution in [0, 0.1) is 0 Å². The second-order valence-corrected chi connectivity index (χ2v) is 8.41. The predicted octanol–water partition coefficient (Wildman–Crippen LogP) is 3.10. The quantitative estimate of drug-likeness (QED) is 0.903. The lowest BCUT2D eigenvalue weighted by Gasteiger charge is -2.29. The molecule has 0 radical (unpaired) electrons. The average molecular weight is 284 g/mol. The fourth-order valence-electron chi connectivity index (χ4n) is 2.51. The van der Waals surface area contributed by atoms with Crippen LogP contribution in [-0.4, -0.2) is 24.9 Å². The summed E-state index contributed by atoms with van der Waals surface area (Å²) >= 11 is 1.76. The third-order valence-corrected chi connectivity index (χ3v) is 7.36. The van der Waals surface area contributed by atoms with E-state index in [2.05, 4.69) is 6.92 Å². The van der Waals surface area contributed by atoms with Crippen LogP contribution in [0.1, 0.15) is 37.9 Å². The molecule has 0 bridgehead atoms. The summed E-state index contributed by atoms with van der Waals surface area (Å²) in [6.07, 6.45) is 2.07. The molecule has 0 saturated carbocycles. The molecule has 0 amide bonds. The Morgan fingerprint density at radius 3 is 2.72 bits per heavy atom. The maximum atomic E-state index is 12.2. The van der Waals surface area contributed by atoms with Gasteiger partial charge in [0.1, 0.15) is 0 Å². The Hall–Kier alpha value is -0.320. The Balaban J connectivity index is 2.12. The molecule has 3 atom stereocenters. The summed E-state index contributed by atoms with van der Waals surface area (Å²) < 4.78 is 12.0. The topological polar surface area (TPSA) is 37.3 Å². The Kier molecular flexibility index (Phi) is 4.87. The van der Waals surface area contributed by atoms with Gasteiger partial charge in [-0.15, -0.1) is 11.8 Å². The van der Waals surface area contributed by atoms with Crippen LogP contribution in [0.15, 0.2) is 30.3 Å². The zero-order valence-corrected chi connectivity index (χ0v) is 12.3. The van der Waals surface area contributed by atoms with E-state index in [4.69, 9.17) is 0 Å². The molecule has 1 aromatic carbocycles. The number of aliphatic hydroxyl groups is 1. The maximum Gasteiger partial charge on any atom is 0.0936 e. The molecule has 100 valence electrons. The van der Waals surface area contributed by atoms with Crippen molar-refractivity contribution in [3.63, 3.8) is 0 Å². The first kappa shape index (κ1) is 14.1. The molecule has 1 aromatic rings. The van der Waals surface area contributed by atoms with Gasteiger partial charge in [-0.1, -0.05) is 37.3 Å². The van der Waals surface area contributed by atoms with Crippen LogP contribution in [0.25, 0.3) is 0 Å². The molecule has 4 heteroatoms. The van der Waals surface area contributed by atoms with Gasteiger partial charge in [-0.25, -0.2) is 0 Å². The molecular formula is C14H20O2S2. The van der Waals surface area contributed by atoms with Crippen molar-refractivity contribution in [2.24, 2.45) is 0 Å². The highest BCUT2D eigenvalue weighted by Gasteiger charge is 2.42. The Morgan fingerprint density at radius 2 is 2.17 bits per heavy atom. The number of hydrogen-bond donors (Lipinski definition) is 1. The Morgan fingerprint density at radius 1 is 1.44 bits per heavy atom. The van der Waals surface area contributed by atoms with Gasteiger partial charge in [-0.3, -0.25) is 4.21 Å².